The van der Waals surface area contributed by atoms with Crippen molar-refractivity contribution >= 4 is 53.9 Å². The first-order valence-electron chi connectivity index (χ1n) is 15.3. The molecule has 0 heteroatoms. The third-order valence-electron chi connectivity index (χ3n) is 9.22. The van der Waals surface area contributed by atoms with Crippen molar-refractivity contribution in [3.05, 3.63) is 170 Å². The number of hydrogen-bond donors (Lipinski definition) is 0. The predicted molar refractivity (Wildman–Crippen MR) is 190 cm³/mol. The van der Waals surface area contributed by atoms with Gasteiger partial charge in [0.25, 0.3) is 0 Å². The van der Waals surface area contributed by atoms with Gasteiger partial charge in [-0.3, -0.25) is 0 Å². The monoisotopic (exact) mass is 556 g/mol. The third kappa shape index (κ3) is 3.78. The van der Waals surface area contributed by atoms with Crippen LogP contribution in [0.15, 0.2) is 170 Å². The zero-order valence-corrected chi connectivity index (χ0v) is 24.2. The number of benzene rings is 9. The molecule has 0 aliphatic carbocycles. The quantitative estimate of drug-likeness (QED) is 0.190. The number of hydrogen-bond acceptors (Lipinski definition) is 0. The largest absolute Gasteiger partial charge is 0.0616 e. The van der Waals surface area contributed by atoms with Crippen LogP contribution in [0.1, 0.15) is 0 Å². The second-order valence-electron chi connectivity index (χ2n) is 11.6. The smallest absolute Gasteiger partial charge is 0.00201 e. The fourth-order valence-corrected chi connectivity index (χ4v) is 7.31. The summed E-state index contributed by atoms with van der Waals surface area (Å²) in [4.78, 5) is 0. The Balaban J connectivity index is 1.42. The molecule has 0 saturated carbocycles. The third-order valence-corrected chi connectivity index (χ3v) is 9.22. The fraction of sp³-hybridized carbons (Fsp3) is 0. The van der Waals surface area contributed by atoms with Crippen molar-refractivity contribution in [3.8, 4) is 33.4 Å². The predicted octanol–water partition coefficient (Wildman–Crippen LogP) is 12.5. The molecular weight excluding hydrogens is 528 g/mol. The minimum Gasteiger partial charge on any atom is -0.0616 e. The van der Waals surface area contributed by atoms with Crippen molar-refractivity contribution in [1.29, 1.82) is 0 Å². The van der Waals surface area contributed by atoms with E-state index in [1.807, 2.05) is 0 Å². The lowest BCUT2D eigenvalue weighted by atomic mass is 9.83. The molecule has 0 unspecified atom stereocenters. The maximum Gasteiger partial charge on any atom is -0.00201 e. The van der Waals surface area contributed by atoms with Gasteiger partial charge in [-0.1, -0.05) is 158 Å². The highest BCUT2D eigenvalue weighted by Crippen LogP contribution is 2.47. The van der Waals surface area contributed by atoms with E-state index in [1.54, 1.807) is 0 Å². The van der Waals surface area contributed by atoms with Gasteiger partial charge in [0, 0.05) is 0 Å². The first-order chi connectivity index (χ1) is 21.8. The van der Waals surface area contributed by atoms with Crippen LogP contribution in [0.25, 0.3) is 87.2 Å². The zero-order chi connectivity index (χ0) is 29.0. The Hall–Kier alpha value is -5.72. The van der Waals surface area contributed by atoms with E-state index in [4.69, 9.17) is 0 Å². The van der Waals surface area contributed by atoms with Gasteiger partial charge in [-0.25, -0.2) is 0 Å². The van der Waals surface area contributed by atoms with Crippen molar-refractivity contribution < 1.29 is 0 Å². The van der Waals surface area contributed by atoms with Gasteiger partial charge in [-0.2, -0.15) is 0 Å². The van der Waals surface area contributed by atoms with Crippen LogP contribution in [0, 0.1) is 0 Å². The van der Waals surface area contributed by atoms with Crippen LogP contribution in [0.4, 0.5) is 0 Å². The van der Waals surface area contributed by atoms with E-state index in [0.29, 0.717) is 0 Å². The first kappa shape index (κ1) is 24.8. The molecule has 0 nitrogen and oxygen atoms in total. The lowest BCUT2D eigenvalue weighted by Gasteiger charge is -2.20. The molecule has 204 valence electrons. The van der Waals surface area contributed by atoms with Crippen molar-refractivity contribution in [1.82, 2.24) is 0 Å². The Morgan fingerprint density at radius 1 is 0.227 bits per heavy atom. The molecule has 9 aromatic carbocycles. The van der Waals surface area contributed by atoms with Crippen LogP contribution in [-0.2, 0) is 0 Å². The highest BCUT2D eigenvalue weighted by molar-refractivity contribution is 6.24. The van der Waals surface area contributed by atoms with Gasteiger partial charge in [0.15, 0.2) is 0 Å². The van der Waals surface area contributed by atoms with E-state index in [1.165, 1.54) is 87.2 Å². The standard InChI is InChI=1S/C44H28/c1-4-18-33-29(13-1)16-11-25-36(33)42-28-32(27-31-15-3-6-20-35(31)42)43-38-21-7-9-23-40(38)44(41-24-10-8-22-39(41)43)37-26-12-17-30-14-2-5-19-34(30)37/h1-28H. The van der Waals surface area contributed by atoms with Crippen molar-refractivity contribution in [2.45, 2.75) is 0 Å². The lowest BCUT2D eigenvalue weighted by molar-refractivity contribution is 1.66. The van der Waals surface area contributed by atoms with Crippen LogP contribution in [0.3, 0.4) is 0 Å². The molecular formula is C44H28. The molecule has 0 aliphatic heterocycles. The second kappa shape index (κ2) is 9.93. The highest BCUT2D eigenvalue weighted by Gasteiger charge is 2.19. The van der Waals surface area contributed by atoms with Crippen LogP contribution in [0.2, 0.25) is 0 Å². The Labute approximate surface area is 256 Å². The van der Waals surface area contributed by atoms with Crippen molar-refractivity contribution in [3.63, 3.8) is 0 Å². The van der Waals surface area contributed by atoms with Gasteiger partial charge in [-0.05, 0) is 99.4 Å². The Morgan fingerprint density at radius 3 is 1.18 bits per heavy atom. The molecule has 0 saturated heterocycles. The Bertz CT molecular complexity index is 2480. The molecule has 0 spiro atoms. The average molecular weight is 557 g/mol. The molecule has 44 heavy (non-hydrogen) atoms. The molecule has 0 radical (unpaired) electrons. The van der Waals surface area contributed by atoms with E-state index in [9.17, 15) is 0 Å². The van der Waals surface area contributed by atoms with Crippen molar-refractivity contribution in [2.75, 3.05) is 0 Å². The topological polar surface area (TPSA) is 0 Å². The molecule has 9 rings (SSSR count). The second-order valence-corrected chi connectivity index (χ2v) is 11.6. The van der Waals surface area contributed by atoms with E-state index in [2.05, 4.69) is 170 Å². The zero-order valence-electron chi connectivity index (χ0n) is 24.2. The molecule has 0 aromatic heterocycles. The summed E-state index contributed by atoms with van der Waals surface area (Å²) < 4.78 is 0. The van der Waals surface area contributed by atoms with Crippen LogP contribution < -0.4 is 0 Å². The summed E-state index contributed by atoms with van der Waals surface area (Å²) in [6, 6.07) is 62.3. The normalized spacial score (nSPS) is 11.6. The SMILES string of the molecule is c1ccc2c(-c3cc(-c4c5ccccc5c(-c5cccc6ccccc56)c5ccccc45)cc4ccccc34)cccc2c1. The number of fused-ring (bicyclic) bond motifs is 5. The Morgan fingerprint density at radius 2 is 0.614 bits per heavy atom. The van der Waals surface area contributed by atoms with Gasteiger partial charge in [-0.15, -0.1) is 0 Å². The molecule has 0 aliphatic rings. The first-order valence-corrected chi connectivity index (χ1v) is 15.3. The summed E-state index contributed by atoms with van der Waals surface area (Å²) in [5.41, 5.74) is 7.63. The summed E-state index contributed by atoms with van der Waals surface area (Å²) in [6.45, 7) is 0. The molecule has 0 atom stereocenters. The van der Waals surface area contributed by atoms with Gasteiger partial charge in [0.05, 0.1) is 0 Å². The van der Waals surface area contributed by atoms with Gasteiger partial charge in [0.1, 0.15) is 0 Å². The minimum atomic E-state index is 1.24. The minimum absolute atomic E-state index is 1.24. The van der Waals surface area contributed by atoms with Crippen LogP contribution >= 0.6 is 0 Å². The van der Waals surface area contributed by atoms with Gasteiger partial charge in [0.2, 0.25) is 0 Å². The lowest BCUT2D eigenvalue weighted by Crippen LogP contribution is -1.93. The summed E-state index contributed by atoms with van der Waals surface area (Å²) >= 11 is 0. The fourth-order valence-electron chi connectivity index (χ4n) is 7.31. The summed E-state index contributed by atoms with van der Waals surface area (Å²) in [7, 11) is 0. The van der Waals surface area contributed by atoms with Gasteiger partial charge >= 0.3 is 0 Å². The average Bonchev–Trinajstić information content (AvgIpc) is 3.09. The van der Waals surface area contributed by atoms with E-state index in [0.717, 1.165) is 0 Å². The van der Waals surface area contributed by atoms with E-state index >= 15 is 0 Å². The maximum atomic E-state index is 2.43. The molecule has 0 amide bonds. The molecule has 0 N–H and O–H groups in total. The highest BCUT2D eigenvalue weighted by atomic mass is 14.2. The molecule has 0 fully saturated rings. The Kier molecular flexibility index (Phi) is 5.61. The van der Waals surface area contributed by atoms with Gasteiger partial charge < -0.3 is 0 Å². The van der Waals surface area contributed by atoms with Crippen LogP contribution in [0.5, 0.6) is 0 Å². The number of rotatable bonds is 3. The molecule has 0 bridgehead atoms. The summed E-state index contributed by atoms with van der Waals surface area (Å²) in [5.74, 6) is 0. The summed E-state index contributed by atoms with van der Waals surface area (Å²) in [6.07, 6.45) is 0. The maximum absolute atomic E-state index is 2.43. The van der Waals surface area contributed by atoms with E-state index in [-0.39, 0.29) is 0 Å². The molecule has 9 aromatic rings. The summed E-state index contributed by atoms with van der Waals surface area (Å²) in [5, 5.41) is 12.7. The molecule has 0 heterocycles. The van der Waals surface area contributed by atoms with Crippen molar-refractivity contribution in [2.24, 2.45) is 0 Å². The van der Waals surface area contributed by atoms with Crippen LogP contribution in [-0.4, -0.2) is 0 Å². The van der Waals surface area contributed by atoms with E-state index < -0.39 is 0 Å².